The topological polar surface area (TPSA) is 86.8 Å². The zero-order valence-corrected chi connectivity index (χ0v) is 23.7. The number of hydrogen-bond acceptors (Lipinski definition) is 5. The van der Waals surface area contributed by atoms with Crippen molar-refractivity contribution in [2.45, 2.75) is 33.2 Å². The van der Waals surface area contributed by atoms with Gasteiger partial charge >= 0.3 is 5.97 Å². The van der Waals surface area contributed by atoms with Crippen molar-refractivity contribution >= 4 is 28.7 Å². The molecule has 1 fully saturated rings. The van der Waals surface area contributed by atoms with Gasteiger partial charge in [-0.2, -0.15) is 0 Å². The molecule has 2 heterocycles. The average Bonchev–Trinajstić information content (AvgIpc) is 3.28. The van der Waals surface area contributed by atoms with Crippen LogP contribution in [-0.4, -0.2) is 48.9 Å². The van der Waals surface area contributed by atoms with Crippen LogP contribution in [0.15, 0.2) is 72.8 Å². The molecular formula is C33H39N5O2. The van der Waals surface area contributed by atoms with Crippen LogP contribution in [0.1, 0.15) is 35.8 Å². The Bertz CT molecular complexity index is 1470. The summed E-state index contributed by atoms with van der Waals surface area (Å²) >= 11 is 0. The number of nitrogens with zero attached hydrogens (tertiary/aromatic N) is 3. The quantitative estimate of drug-likeness (QED) is 0.209. The molecule has 0 spiro atoms. The molecule has 0 bridgehead atoms. The van der Waals surface area contributed by atoms with Gasteiger partial charge in [0, 0.05) is 73.8 Å². The van der Waals surface area contributed by atoms with Crippen LogP contribution in [-0.2, 0) is 6.54 Å². The van der Waals surface area contributed by atoms with Gasteiger partial charge in [0.15, 0.2) is 0 Å². The Balaban J connectivity index is 1.50. The molecule has 4 N–H and O–H groups in total. The molecule has 3 aromatic carbocycles. The first-order chi connectivity index (χ1) is 19.4. The fourth-order valence-electron chi connectivity index (χ4n) is 5.74. The lowest BCUT2D eigenvalue weighted by atomic mass is 9.96. The van der Waals surface area contributed by atoms with E-state index in [2.05, 4.69) is 63.0 Å². The Labute approximate surface area is 236 Å². The van der Waals surface area contributed by atoms with Gasteiger partial charge in [0.1, 0.15) is 0 Å². The smallest absolute Gasteiger partial charge is 0.338 e. The fourth-order valence-corrected chi connectivity index (χ4v) is 5.74. The van der Waals surface area contributed by atoms with Gasteiger partial charge < -0.3 is 30.5 Å². The minimum atomic E-state index is -0.900. The van der Waals surface area contributed by atoms with Gasteiger partial charge in [0.05, 0.1) is 11.3 Å². The molecule has 5 rings (SSSR count). The summed E-state index contributed by atoms with van der Waals surface area (Å²) in [5.41, 5.74) is 14.9. The number of anilines is 4. The Morgan fingerprint density at radius 3 is 2.15 bits per heavy atom. The Hall–Kier alpha value is -4.39. The number of aromatic carboxylic acids is 1. The largest absolute Gasteiger partial charge is 0.478 e. The molecule has 0 aliphatic carbocycles. The molecular weight excluding hydrogens is 498 g/mol. The van der Waals surface area contributed by atoms with Crippen molar-refractivity contribution in [3.63, 3.8) is 0 Å². The number of carbonyl (C=O) groups is 1. The van der Waals surface area contributed by atoms with Crippen molar-refractivity contribution in [1.82, 2.24) is 4.57 Å². The van der Waals surface area contributed by atoms with Gasteiger partial charge in [-0.3, -0.25) is 0 Å². The number of carboxylic acid groups (broad SMARTS) is 1. The van der Waals surface area contributed by atoms with Crippen LogP contribution in [0.4, 0.5) is 22.7 Å². The minimum absolute atomic E-state index is 0.370. The lowest BCUT2D eigenvalue weighted by molar-refractivity contribution is 0.0696. The van der Waals surface area contributed by atoms with Gasteiger partial charge in [-0.05, 0) is 73.0 Å². The van der Waals surface area contributed by atoms with Crippen molar-refractivity contribution < 1.29 is 9.90 Å². The van der Waals surface area contributed by atoms with Crippen molar-refractivity contribution in [2.24, 2.45) is 0 Å². The highest BCUT2D eigenvalue weighted by Gasteiger charge is 2.27. The van der Waals surface area contributed by atoms with Crippen molar-refractivity contribution in [3.8, 4) is 22.4 Å². The summed E-state index contributed by atoms with van der Waals surface area (Å²) in [5.74, 6) is -0.900. The third-order valence-electron chi connectivity index (χ3n) is 7.96. The van der Waals surface area contributed by atoms with E-state index in [0.717, 1.165) is 85.0 Å². The first kappa shape index (κ1) is 27.2. The second kappa shape index (κ2) is 11.8. The number of benzene rings is 3. The third kappa shape index (κ3) is 5.37. The number of hydrogen-bond donors (Lipinski definition) is 3. The van der Waals surface area contributed by atoms with E-state index in [1.165, 1.54) is 5.69 Å². The summed E-state index contributed by atoms with van der Waals surface area (Å²) in [4.78, 5) is 17.5. The van der Waals surface area contributed by atoms with Crippen LogP contribution in [0, 0.1) is 6.92 Å². The molecule has 4 aromatic rings. The van der Waals surface area contributed by atoms with Crippen LogP contribution in [0.3, 0.4) is 0 Å². The lowest BCUT2D eigenvalue weighted by Gasteiger charge is -2.37. The number of rotatable bonds is 9. The summed E-state index contributed by atoms with van der Waals surface area (Å²) in [6.07, 6.45) is 2.00. The number of aromatic nitrogens is 1. The van der Waals surface area contributed by atoms with E-state index >= 15 is 0 Å². The van der Waals surface area contributed by atoms with Crippen LogP contribution in [0.25, 0.3) is 22.4 Å². The van der Waals surface area contributed by atoms with Gasteiger partial charge in [0.2, 0.25) is 0 Å². The highest BCUT2D eigenvalue weighted by atomic mass is 16.4. The Morgan fingerprint density at radius 1 is 0.900 bits per heavy atom. The van der Waals surface area contributed by atoms with Crippen LogP contribution in [0.5, 0.6) is 0 Å². The zero-order chi connectivity index (χ0) is 28.2. The number of nitrogens with two attached hydrogens (primary N) is 1. The molecule has 0 radical (unpaired) electrons. The van der Waals surface area contributed by atoms with E-state index in [9.17, 15) is 9.90 Å². The maximum atomic E-state index is 12.7. The van der Waals surface area contributed by atoms with E-state index in [1.54, 1.807) is 0 Å². The van der Waals surface area contributed by atoms with Gasteiger partial charge in [0.25, 0.3) is 0 Å². The molecule has 0 saturated carbocycles. The molecule has 1 aliphatic heterocycles. The predicted molar refractivity (Wildman–Crippen MR) is 167 cm³/mol. The SMILES string of the molecule is CCCCn1c(C)c(C(=O)O)c(-c2cccc(N3CCN(c4ccc(NC)cc4)CC3)c2)c1-c1ccc(N)cc1. The minimum Gasteiger partial charge on any atom is -0.478 e. The number of nitrogens with one attached hydrogen (secondary N) is 1. The lowest BCUT2D eigenvalue weighted by Crippen LogP contribution is -2.46. The monoisotopic (exact) mass is 537 g/mol. The summed E-state index contributed by atoms with van der Waals surface area (Å²) in [6.45, 7) is 8.48. The summed E-state index contributed by atoms with van der Waals surface area (Å²) in [5, 5.41) is 13.6. The van der Waals surface area contributed by atoms with E-state index in [-0.39, 0.29) is 0 Å². The van der Waals surface area contributed by atoms with Gasteiger partial charge in [-0.15, -0.1) is 0 Å². The average molecular weight is 538 g/mol. The van der Waals surface area contributed by atoms with E-state index in [4.69, 9.17) is 5.73 Å². The number of nitrogen functional groups attached to an aromatic ring is 1. The third-order valence-corrected chi connectivity index (χ3v) is 7.96. The Morgan fingerprint density at radius 2 is 1.55 bits per heavy atom. The molecule has 7 heteroatoms. The van der Waals surface area contributed by atoms with E-state index in [1.807, 2.05) is 50.4 Å². The Kier molecular flexibility index (Phi) is 8.01. The number of carboxylic acids is 1. The standard InChI is InChI=1S/C33H39N5O2/c1-4-5-17-38-23(2)30(33(39)40)31(32(38)24-9-11-26(34)12-10-24)25-7-6-8-29(22-25)37-20-18-36(19-21-37)28-15-13-27(35-3)14-16-28/h6-16,22,35H,4-5,17-21,34H2,1-3H3,(H,39,40). The molecule has 1 aliphatic rings. The highest BCUT2D eigenvalue weighted by Crippen LogP contribution is 2.41. The second-order valence-electron chi connectivity index (χ2n) is 10.4. The van der Waals surface area contributed by atoms with Crippen LogP contribution < -0.4 is 20.9 Å². The summed E-state index contributed by atoms with van der Waals surface area (Å²) < 4.78 is 2.18. The molecule has 40 heavy (non-hydrogen) atoms. The van der Waals surface area contributed by atoms with E-state index in [0.29, 0.717) is 11.3 Å². The molecule has 0 amide bonds. The first-order valence-corrected chi connectivity index (χ1v) is 14.1. The van der Waals surface area contributed by atoms with Crippen LogP contribution >= 0.6 is 0 Å². The second-order valence-corrected chi connectivity index (χ2v) is 10.4. The number of unbranched alkanes of at least 4 members (excludes halogenated alkanes) is 1. The summed E-state index contributed by atoms with van der Waals surface area (Å²) in [6, 6.07) is 24.7. The molecule has 208 valence electrons. The molecule has 1 aromatic heterocycles. The summed E-state index contributed by atoms with van der Waals surface area (Å²) in [7, 11) is 1.93. The zero-order valence-electron chi connectivity index (χ0n) is 23.7. The normalized spacial score (nSPS) is 13.5. The molecule has 1 saturated heterocycles. The van der Waals surface area contributed by atoms with Crippen molar-refractivity contribution in [3.05, 3.63) is 84.1 Å². The van der Waals surface area contributed by atoms with Gasteiger partial charge in [-0.1, -0.05) is 37.6 Å². The van der Waals surface area contributed by atoms with E-state index < -0.39 is 5.97 Å². The van der Waals surface area contributed by atoms with Crippen LogP contribution in [0.2, 0.25) is 0 Å². The first-order valence-electron chi connectivity index (χ1n) is 14.1. The molecule has 7 nitrogen and oxygen atoms in total. The highest BCUT2D eigenvalue weighted by molar-refractivity contribution is 6.03. The van der Waals surface area contributed by atoms with Crippen molar-refractivity contribution in [1.29, 1.82) is 0 Å². The van der Waals surface area contributed by atoms with Crippen molar-refractivity contribution in [2.75, 3.05) is 54.1 Å². The number of piperazine rings is 1. The predicted octanol–water partition coefficient (Wildman–Crippen LogP) is 6.58. The fraction of sp³-hybridized carbons (Fsp3) is 0.303. The molecule has 0 unspecified atom stereocenters. The maximum absolute atomic E-state index is 12.7. The molecule has 0 atom stereocenters. The maximum Gasteiger partial charge on any atom is 0.338 e. The van der Waals surface area contributed by atoms with Gasteiger partial charge in [-0.25, -0.2) is 4.79 Å².